The minimum atomic E-state index is -0.331. The topological polar surface area (TPSA) is 58.2 Å². The second kappa shape index (κ2) is 8.75. The van der Waals surface area contributed by atoms with E-state index in [4.69, 9.17) is 6.42 Å². The maximum atomic E-state index is 13.4. The molecule has 0 saturated carbocycles. The molecule has 112 valence electrons. The Balaban J connectivity index is 2.33. The Kier molecular flexibility index (Phi) is 6.96. The van der Waals surface area contributed by atoms with Crippen molar-refractivity contribution in [3.05, 3.63) is 35.6 Å². The van der Waals surface area contributed by atoms with Gasteiger partial charge in [0.2, 0.25) is 11.8 Å². The molecule has 5 heteroatoms. The van der Waals surface area contributed by atoms with E-state index < -0.39 is 0 Å². The molecule has 0 fully saturated rings. The zero-order valence-electron chi connectivity index (χ0n) is 12.0. The summed E-state index contributed by atoms with van der Waals surface area (Å²) >= 11 is 0. The summed E-state index contributed by atoms with van der Waals surface area (Å²) < 4.78 is 13.4. The molecule has 0 aromatic heterocycles. The second-order valence-corrected chi connectivity index (χ2v) is 4.73. The van der Waals surface area contributed by atoms with Crippen molar-refractivity contribution in [2.24, 2.45) is 5.92 Å². The number of carbonyl (C=O) groups is 2. The molecule has 0 heterocycles. The van der Waals surface area contributed by atoms with E-state index in [0.29, 0.717) is 18.4 Å². The summed E-state index contributed by atoms with van der Waals surface area (Å²) in [6, 6.07) is 6.49. The number of rotatable bonds is 7. The Morgan fingerprint density at radius 1 is 1.33 bits per heavy atom. The van der Waals surface area contributed by atoms with Crippen molar-refractivity contribution in [2.45, 2.75) is 19.8 Å². The van der Waals surface area contributed by atoms with Gasteiger partial charge in [0.25, 0.3) is 0 Å². The van der Waals surface area contributed by atoms with Gasteiger partial charge in [-0.05, 0) is 24.5 Å². The monoisotopic (exact) mass is 290 g/mol. The van der Waals surface area contributed by atoms with Crippen LogP contribution >= 0.6 is 0 Å². The van der Waals surface area contributed by atoms with Crippen LogP contribution in [0.2, 0.25) is 0 Å². The van der Waals surface area contributed by atoms with Crippen LogP contribution < -0.4 is 10.6 Å². The summed E-state index contributed by atoms with van der Waals surface area (Å²) in [6.07, 6.45) is 5.99. The Morgan fingerprint density at radius 2 is 2.05 bits per heavy atom. The molecule has 0 saturated heterocycles. The number of terminal acetylenes is 1. The van der Waals surface area contributed by atoms with E-state index in [1.165, 1.54) is 6.07 Å². The van der Waals surface area contributed by atoms with Crippen molar-refractivity contribution in [1.29, 1.82) is 0 Å². The van der Waals surface area contributed by atoms with E-state index in [2.05, 4.69) is 16.6 Å². The van der Waals surface area contributed by atoms with Crippen LogP contribution in [0.1, 0.15) is 18.9 Å². The van der Waals surface area contributed by atoms with Crippen LogP contribution in [-0.4, -0.2) is 24.9 Å². The number of hydrogen-bond donors (Lipinski definition) is 2. The molecule has 0 aliphatic heterocycles. The van der Waals surface area contributed by atoms with Crippen LogP contribution in [0.5, 0.6) is 0 Å². The van der Waals surface area contributed by atoms with E-state index in [1.54, 1.807) is 25.1 Å². The van der Waals surface area contributed by atoms with Gasteiger partial charge in [0.05, 0.1) is 13.1 Å². The standard InChI is InChI=1S/C16H19FN2O2/c1-3-10-18-15(20)11-19-16(21)12(2)8-9-13-6-4-5-7-14(13)17/h1,4-7,12H,8-11H2,2H3,(H,18,20)(H,19,21)/t12-/m1/s1. The lowest BCUT2D eigenvalue weighted by Gasteiger charge is -2.12. The number of carbonyl (C=O) groups excluding carboxylic acids is 2. The molecule has 0 radical (unpaired) electrons. The van der Waals surface area contributed by atoms with Gasteiger partial charge in [0.15, 0.2) is 0 Å². The molecular weight excluding hydrogens is 271 g/mol. The molecule has 4 nitrogen and oxygen atoms in total. The zero-order valence-corrected chi connectivity index (χ0v) is 12.0. The van der Waals surface area contributed by atoms with Crippen molar-refractivity contribution in [2.75, 3.05) is 13.1 Å². The Bertz CT molecular complexity index is 537. The predicted molar refractivity (Wildman–Crippen MR) is 78.7 cm³/mol. The SMILES string of the molecule is C#CCNC(=O)CNC(=O)[C@H](C)CCc1ccccc1F. The van der Waals surface area contributed by atoms with Crippen LogP contribution in [0.3, 0.4) is 0 Å². The highest BCUT2D eigenvalue weighted by Gasteiger charge is 2.14. The molecule has 1 aromatic carbocycles. The minimum Gasteiger partial charge on any atom is -0.347 e. The summed E-state index contributed by atoms with van der Waals surface area (Å²) in [6.45, 7) is 1.78. The third-order valence-electron chi connectivity index (χ3n) is 3.06. The van der Waals surface area contributed by atoms with Crippen LogP contribution in [0.4, 0.5) is 4.39 Å². The molecule has 0 aliphatic rings. The van der Waals surface area contributed by atoms with Gasteiger partial charge >= 0.3 is 0 Å². The third-order valence-corrected chi connectivity index (χ3v) is 3.06. The lowest BCUT2D eigenvalue weighted by Crippen LogP contribution is -2.39. The third kappa shape index (κ3) is 6.09. The lowest BCUT2D eigenvalue weighted by atomic mass is 10.00. The smallest absolute Gasteiger partial charge is 0.240 e. The van der Waals surface area contributed by atoms with Gasteiger partial charge in [0.1, 0.15) is 5.82 Å². The number of nitrogens with one attached hydrogen (secondary N) is 2. The summed E-state index contributed by atoms with van der Waals surface area (Å²) in [5.41, 5.74) is 0.587. The predicted octanol–water partition coefficient (Wildman–Crippen LogP) is 1.26. The van der Waals surface area contributed by atoms with Gasteiger partial charge in [0, 0.05) is 5.92 Å². The van der Waals surface area contributed by atoms with Crippen LogP contribution in [-0.2, 0) is 16.0 Å². The quantitative estimate of drug-likeness (QED) is 0.743. The summed E-state index contributed by atoms with van der Waals surface area (Å²) in [5, 5.41) is 4.98. The van der Waals surface area contributed by atoms with Crippen molar-refractivity contribution in [3.63, 3.8) is 0 Å². The van der Waals surface area contributed by atoms with E-state index in [0.717, 1.165) is 0 Å². The van der Waals surface area contributed by atoms with E-state index >= 15 is 0 Å². The fourth-order valence-electron chi connectivity index (χ4n) is 1.76. The highest BCUT2D eigenvalue weighted by Crippen LogP contribution is 2.13. The largest absolute Gasteiger partial charge is 0.347 e. The molecule has 0 aliphatic carbocycles. The van der Waals surface area contributed by atoms with Crippen molar-refractivity contribution in [3.8, 4) is 12.3 Å². The Morgan fingerprint density at radius 3 is 2.71 bits per heavy atom. The van der Waals surface area contributed by atoms with E-state index in [-0.39, 0.29) is 36.6 Å². The molecule has 2 N–H and O–H groups in total. The summed E-state index contributed by atoms with van der Waals surface area (Å²) in [4.78, 5) is 23.1. The van der Waals surface area contributed by atoms with E-state index in [1.807, 2.05) is 0 Å². The van der Waals surface area contributed by atoms with Crippen molar-refractivity contribution < 1.29 is 14.0 Å². The first-order chi connectivity index (χ1) is 10.0. The molecule has 0 spiro atoms. The lowest BCUT2D eigenvalue weighted by molar-refractivity contribution is -0.128. The van der Waals surface area contributed by atoms with Crippen molar-refractivity contribution in [1.82, 2.24) is 10.6 Å². The normalized spacial score (nSPS) is 11.3. The first kappa shape index (κ1) is 16.7. The summed E-state index contributed by atoms with van der Waals surface area (Å²) in [7, 11) is 0. The van der Waals surface area contributed by atoms with Crippen LogP contribution in [0.15, 0.2) is 24.3 Å². The highest BCUT2D eigenvalue weighted by molar-refractivity contribution is 5.85. The molecule has 2 amide bonds. The van der Waals surface area contributed by atoms with Crippen LogP contribution in [0.25, 0.3) is 0 Å². The highest BCUT2D eigenvalue weighted by atomic mass is 19.1. The van der Waals surface area contributed by atoms with Gasteiger partial charge < -0.3 is 10.6 Å². The first-order valence-corrected chi connectivity index (χ1v) is 6.76. The van der Waals surface area contributed by atoms with E-state index in [9.17, 15) is 14.0 Å². The van der Waals surface area contributed by atoms with Gasteiger partial charge in [-0.15, -0.1) is 6.42 Å². The first-order valence-electron chi connectivity index (χ1n) is 6.76. The summed E-state index contributed by atoms with van der Waals surface area (Å²) in [5.74, 6) is 1.14. The zero-order chi connectivity index (χ0) is 15.7. The molecule has 0 unspecified atom stereocenters. The average molecular weight is 290 g/mol. The second-order valence-electron chi connectivity index (χ2n) is 4.73. The fraction of sp³-hybridized carbons (Fsp3) is 0.375. The number of halogens is 1. The van der Waals surface area contributed by atoms with Gasteiger partial charge in [-0.1, -0.05) is 31.0 Å². The number of amides is 2. The molecule has 0 bridgehead atoms. The number of hydrogen-bond acceptors (Lipinski definition) is 2. The number of aryl methyl sites for hydroxylation is 1. The molecule has 21 heavy (non-hydrogen) atoms. The molecule has 1 rings (SSSR count). The fourth-order valence-corrected chi connectivity index (χ4v) is 1.76. The maximum Gasteiger partial charge on any atom is 0.240 e. The Labute approximate surface area is 124 Å². The van der Waals surface area contributed by atoms with Gasteiger partial charge in [-0.2, -0.15) is 0 Å². The molecule has 1 aromatic rings. The Hall–Kier alpha value is -2.35. The van der Waals surface area contributed by atoms with Crippen molar-refractivity contribution >= 4 is 11.8 Å². The number of benzene rings is 1. The van der Waals surface area contributed by atoms with Gasteiger partial charge in [-0.25, -0.2) is 4.39 Å². The van der Waals surface area contributed by atoms with Gasteiger partial charge in [-0.3, -0.25) is 9.59 Å². The molecular formula is C16H19FN2O2. The average Bonchev–Trinajstić information content (AvgIpc) is 2.49. The molecule has 1 atom stereocenters. The minimum absolute atomic E-state index is 0.107. The van der Waals surface area contributed by atoms with Crippen LogP contribution in [0, 0.1) is 24.1 Å². The maximum absolute atomic E-state index is 13.4.